The smallest absolute Gasteiger partial charge is 0.142 e. The van der Waals surface area contributed by atoms with E-state index in [1.807, 2.05) is 6.07 Å². The maximum absolute atomic E-state index is 10.3. The lowest BCUT2D eigenvalue weighted by Crippen LogP contribution is -2.41. The van der Waals surface area contributed by atoms with Gasteiger partial charge in [0.05, 0.1) is 11.1 Å². The largest absolute Gasteiger partial charge is 0.489 e. The zero-order valence-electron chi connectivity index (χ0n) is 11.2. The highest BCUT2D eigenvalue weighted by Crippen LogP contribution is 2.42. The second kappa shape index (κ2) is 5.31. The topological polar surface area (TPSA) is 32.7 Å². The van der Waals surface area contributed by atoms with E-state index in [1.165, 1.54) is 18.4 Å². The maximum atomic E-state index is 10.3. The predicted molar refractivity (Wildman–Crippen MR) is 75.9 cm³/mol. The number of aliphatic hydroxyl groups is 1. The summed E-state index contributed by atoms with van der Waals surface area (Å²) in [5.74, 6) is 0.765. The first-order valence-electron chi connectivity index (χ1n) is 7.08. The predicted octanol–water partition coefficient (Wildman–Crippen LogP) is 2.79. The highest BCUT2D eigenvalue weighted by molar-refractivity contribution is 6.32. The lowest BCUT2D eigenvalue weighted by molar-refractivity contribution is 0.00877. The Morgan fingerprint density at radius 1 is 1.37 bits per heavy atom. The minimum atomic E-state index is -0.464. The number of rotatable bonds is 2. The molecule has 3 rings (SSSR count). The van der Waals surface area contributed by atoms with Crippen LogP contribution in [-0.2, 0) is 6.42 Å². The number of likely N-dealkylation sites (tertiary alicyclic amines) is 1. The maximum Gasteiger partial charge on any atom is 0.142 e. The average molecular weight is 282 g/mol. The molecule has 1 saturated heterocycles. The minimum Gasteiger partial charge on any atom is -0.489 e. The van der Waals surface area contributed by atoms with Crippen molar-refractivity contribution >= 4 is 11.6 Å². The molecule has 4 heteroatoms. The van der Waals surface area contributed by atoms with E-state index >= 15 is 0 Å². The number of benzene rings is 1. The molecule has 2 unspecified atom stereocenters. The van der Waals surface area contributed by atoms with E-state index < -0.39 is 6.10 Å². The quantitative estimate of drug-likeness (QED) is 0.905. The Kier molecular flexibility index (Phi) is 3.70. The van der Waals surface area contributed by atoms with Crippen LogP contribution in [0.5, 0.6) is 5.75 Å². The summed E-state index contributed by atoms with van der Waals surface area (Å²) in [5, 5.41) is 11.0. The van der Waals surface area contributed by atoms with Gasteiger partial charge in [0.1, 0.15) is 18.5 Å². The number of fused-ring (bicyclic) bond motifs is 1. The monoisotopic (exact) mass is 281 g/mol. The Bertz CT molecular complexity index is 471. The van der Waals surface area contributed by atoms with Gasteiger partial charge in [-0.05, 0) is 44.0 Å². The minimum absolute atomic E-state index is 0.0373. The van der Waals surface area contributed by atoms with Gasteiger partial charge in [0, 0.05) is 5.56 Å². The number of ether oxygens (including phenoxy) is 1. The molecule has 2 heterocycles. The molecule has 1 N–H and O–H groups in total. The Morgan fingerprint density at radius 2 is 2.11 bits per heavy atom. The van der Waals surface area contributed by atoms with Crippen LogP contribution >= 0.6 is 11.6 Å². The van der Waals surface area contributed by atoms with Crippen molar-refractivity contribution in [3.63, 3.8) is 0 Å². The molecule has 1 aromatic carbocycles. The number of hydrogen-bond acceptors (Lipinski definition) is 3. The lowest BCUT2D eigenvalue weighted by atomic mass is 9.94. The standard InChI is InChI=1S/C15H20ClNO2/c1-2-10-7-11-14(17-5-3-4-6-17)13(18)9-19-15(11)12(16)8-10/h7-8,13-14,18H,2-6,9H2,1H3. The summed E-state index contributed by atoms with van der Waals surface area (Å²) < 4.78 is 5.65. The van der Waals surface area contributed by atoms with Crippen LogP contribution in [0.2, 0.25) is 5.02 Å². The van der Waals surface area contributed by atoms with Crippen LogP contribution in [0.25, 0.3) is 0 Å². The molecule has 1 aromatic rings. The molecule has 1 fully saturated rings. The van der Waals surface area contributed by atoms with Gasteiger partial charge in [-0.15, -0.1) is 0 Å². The fraction of sp³-hybridized carbons (Fsp3) is 0.600. The Morgan fingerprint density at radius 3 is 2.79 bits per heavy atom. The summed E-state index contributed by atoms with van der Waals surface area (Å²) >= 11 is 6.32. The molecule has 0 amide bonds. The van der Waals surface area contributed by atoms with Gasteiger partial charge >= 0.3 is 0 Å². The van der Waals surface area contributed by atoms with Crippen molar-refractivity contribution in [3.05, 3.63) is 28.3 Å². The first-order valence-corrected chi connectivity index (χ1v) is 7.45. The molecule has 2 atom stereocenters. The summed E-state index contributed by atoms with van der Waals surface area (Å²) in [5.41, 5.74) is 2.26. The molecule has 3 nitrogen and oxygen atoms in total. The van der Waals surface area contributed by atoms with Crippen molar-refractivity contribution < 1.29 is 9.84 Å². The molecule has 0 radical (unpaired) electrons. The highest BCUT2D eigenvalue weighted by Gasteiger charge is 2.36. The van der Waals surface area contributed by atoms with Crippen molar-refractivity contribution in [1.82, 2.24) is 4.90 Å². The Labute approximate surface area is 119 Å². The van der Waals surface area contributed by atoms with E-state index in [4.69, 9.17) is 16.3 Å². The molecule has 104 valence electrons. The summed E-state index contributed by atoms with van der Waals surface area (Å²) in [6.45, 7) is 4.55. The highest BCUT2D eigenvalue weighted by atomic mass is 35.5. The van der Waals surface area contributed by atoms with Crippen molar-refractivity contribution in [3.8, 4) is 5.75 Å². The molecule has 0 aliphatic carbocycles. The first-order chi connectivity index (χ1) is 9.20. The molecular weight excluding hydrogens is 262 g/mol. The summed E-state index contributed by atoms with van der Waals surface area (Å²) in [7, 11) is 0. The van der Waals surface area contributed by atoms with E-state index in [1.54, 1.807) is 0 Å². The number of aryl methyl sites for hydroxylation is 1. The molecule has 0 bridgehead atoms. The van der Waals surface area contributed by atoms with E-state index in [2.05, 4.69) is 17.9 Å². The Balaban J connectivity index is 2.04. The third-order valence-corrected chi connectivity index (χ3v) is 4.44. The second-order valence-electron chi connectivity index (χ2n) is 5.42. The van der Waals surface area contributed by atoms with Crippen LogP contribution in [0, 0.1) is 0 Å². The molecule has 2 aliphatic heterocycles. The number of halogens is 1. The third kappa shape index (κ3) is 2.35. The van der Waals surface area contributed by atoms with E-state index in [0.717, 1.165) is 30.8 Å². The lowest BCUT2D eigenvalue weighted by Gasteiger charge is -2.37. The fourth-order valence-corrected chi connectivity index (χ4v) is 3.48. The zero-order chi connectivity index (χ0) is 13.4. The van der Waals surface area contributed by atoms with E-state index in [-0.39, 0.29) is 6.04 Å². The van der Waals surface area contributed by atoms with Gasteiger partial charge < -0.3 is 9.84 Å². The SMILES string of the molecule is CCc1cc(Cl)c2c(c1)C(N1CCCC1)C(O)CO2. The number of nitrogens with zero attached hydrogens (tertiary/aromatic N) is 1. The molecular formula is C15H20ClNO2. The van der Waals surface area contributed by atoms with Gasteiger partial charge in [0.25, 0.3) is 0 Å². The van der Waals surface area contributed by atoms with Crippen molar-refractivity contribution in [1.29, 1.82) is 0 Å². The zero-order valence-corrected chi connectivity index (χ0v) is 12.0. The Hall–Kier alpha value is -0.770. The van der Waals surface area contributed by atoms with Gasteiger partial charge in [0.15, 0.2) is 0 Å². The van der Waals surface area contributed by atoms with E-state index in [9.17, 15) is 5.11 Å². The molecule has 0 spiro atoms. The summed E-state index contributed by atoms with van der Waals surface area (Å²) in [4.78, 5) is 2.36. The number of aliphatic hydroxyl groups excluding tert-OH is 1. The van der Waals surface area contributed by atoms with Gasteiger partial charge in [-0.3, -0.25) is 4.90 Å². The first kappa shape index (κ1) is 13.2. The fourth-order valence-electron chi connectivity index (χ4n) is 3.18. The second-order valence-corrected chi connectivity index (χ2v) is 5.82. The molecule has 0 saturated carbocycles. The van der Waals surface area contributed by atoms with Crippen LogP contribution < -0.4 is 4.74 Å². The van der Waals surface area contributed by atoms with Crippen LogP contribution in [0.3, 0.4) is 0 Å². The van der Waals surface area contributed by atoms with Crippen molar-refractivity contribution in [2.24, 2.45) is 0 Å². The molecule has 0 aromatic heterocycles. The number of hydrogen-bond donors (Lipinski definition) is 1. The molecule has 2 aliphatic rings. The van der Waals surface area contributed by atoms with E-state index in [0.29, 0.717) is 11.6 Å². The summed E-state index contributed by atoms with van der Waals surface area (Å²) in [6.07, 6.45) is 2.89. The summed E-state index contributed by atoms with van der Waals surface area (Å²) in [6, 6.07) is 4.15. The third-order valence-electron chi connectivity index (χ3n) is 4.16. The van der Waals surface area contributed by atoms with Crippen molar-refractivity contribution in [2.45, 2.75) is 38.3 Å². The van der Waals surface area contributed by atoms with Crippen LogP contribution in [-0.4, -0.2) is 35.8 Å². The molecule has 19 heavy (non-hydrogen) atoms. The average Bonchev–Trinajstić information content (AvgIpc) is 2.91. The van der Waals surface area contributed by atoms with Crippen LogP contribution in [0.15, 0.2) is 12.1 Å². The van der Waals surface area contributed by atoms with Crippen LogP contribution in [0.4, 0.5) is 0 Å². The van der Waals surface area contributed by atoms with Crippen molar-refractivity contribution in [2.75, 3.05) is 19.7 Å². The van der Waals surface area contributed by atoms with Crippen LogP contribution in [0.1, 0.15) is 36.9 Å². The van der Waals surface area contributed by atoms with Gasteiger partial charge in [-0.2, -0.15) is 0 Å². The van der Waals surface area contributed by atoms with Gasteiger partial charge in [0.2, 0.25) is 0 Å². The van der Waals surface area contributed by atoms with Gasteiger partial charge in [-0.1, -0.05) is 24.6 Å². The normalized spacial score (nSPS) is 27.1. The van der Waals surface area contributed by atoms with Gasteiger partial charge in [-0.25, -0.2) is 0 Å².